The van der Waals surface area contributed by atoms with E-state index in [2.05, 4.69) is 21.2 Å². The van der Waals surface area contributed by atoms with E-state index in [-0.39, 0.29) is 11.9 Å². The van der Waals surface area contributed by atoms with Crippen molar-refractivity contribution in [3.05, 3.63) is 40.8 Å². The lowest BCUT2D eigenvalue weighted by Gasteiger charge is -2.21. The monoisotopic (exact) mass is 311 g/mol. The molecule has 1 unspecified atom stereocenters. The van der Waals surface area contributed by atoms with Crippen molar-refractivity contribution in [1.29, 1.82) is 5.26 Å². The van der Waals surface area contributed by atoms with Gasteiger partial charge in [-0.05, 0) is 31.9 Å². The van der Waals surface area contributed by atoms with Gasteiger partial charge >= 0.3 is 0 Å². The topological polar surface area (TPSA) is 95.9 Å². The number of carbonyl (C=O) groups excluding carboxylic acids is 1. The average molecular weight is 311 g/mol. The van der Waals surface area contributed by atoms with E-state index in [1.165, 1.54) is 0 Å². The lowest BCUT2D eigenvalue weighted by molar-refractivity contribution is 0.0722. The van der Waals surface area contributed by atoms with Crippen LogP contribution >= 0.6 is 0 Å². The lowest BCUT2D eigenvalue weighted by atomic mass is 10.1. The summed E-state index contributed by atoms with van der Waals surface area (Å²) in [5.74, 6) is 0.965. The van der Waals surface area contributed by atoms with Gasteiger partial charge in [0.05, 0.1) is 17.3 Å². The Labute approximate surface area is 133 Å². The summed E-state index contributed by atoms with van der Waals surface area (Å²) in [6.07, 6.45) is 2.37. The molecule has 118 valence electrons. The van der Waals surface area contributed by atoms with E-state index in [1.807, 2.05) is 6.92 Å². The summed E-state index contributed by atoms with van der Waals surface area (Å²) in [5.41, 5.74) is 1.37. The Kier molecular flexibility index (Phi) is 4.06. The molecule has 0 saturated carbocycles. The SMILES string of the molecule is CCc1nc(C2CCCN2C(=O)c2ccc(C#N)c(C)n2)no1. The highest BCUT2D eigenvalue weighted by atomic mass is 16.5. The number of likely N-dealkylation sites (tertiary alicyclic amines) is 1. The number of nitriles is 1. The Balaban J connectivity index is 1.86. The highest BCUT2D eigenvalue weighted by Gasteiger charge is 2.34. The Morgan fingerprint density at radius 1 is 1.48 bits per heavy atom. The van der Waals surface area contributed by atoms with Crippen molar-refractivity contribution in [2.45, 2.75) is 39.2 Å². The van der Waals surface area contributed by atoms with Crippen molar-refractivity contribution in [3.8, 4) is 6.07 Å². The largest absolute Gasteiger partial charge is 0.339 e. The number of hydrogen-bond donors (Lipinski definition) is 0. The van der Waals surface area contributed by atoms with Gasteiger partial charge in [-0.3, -0.25) is 4.79 Å². The third-order valence-electron chi connectivity index (χ3n) is 4.02. The van der Waals surface area contributed by atoms with E-state index in [9.17, 15) is 4.79 Å². The highest BCUT2D eigenvalue weighted by Crippen LogP contribution is 2.31. The summed E-state index contributed by atoms with van der Waals surface area (Å²) >= 11 is 0. The number of aromatic nitrogens is 3. The van der Waals surface area contributed by atoms with Crippen LogP contribution in [0.4, 0.5) is 0 Å². The third-order valence-corrected chi connectivity index (χ3v) is 4.02. The van der Waals surface area contributed by atoms with Crippen LogP contribution in [0.3, 0.4) is 0 Å². The zero-order valence-electron chi connectivity index (χ0n) is 13.1. The Morgan fingerprint density at radius 2 is 2.30 bits per heavy atom. The van der Waals surface area contributed by atoms with E-state index in [4.69, 9.17) is 9.78 Å². The minimum Gasteiger partial charge on any atom is -0.339 e. The molecule has 0 radical (unpaired) electrons. The fourth-order valence-corrected chi connectivity index (χ4v) is 2.77. The van der Waals surface area contributed by atoms with Gasteiger partial charge < -0.3 is 9.42 Å². The minimum absolute atomic E-state index is 0.164. The van der Waals surface area contributed by atoms with Crippen LogP contribution in [0.25, 0.3) is 0 Å². The Morgan fingerprint density at radius 3 is 2.96 bits per heavy atom. The molecule has 1 fully saturated rings. The fourth-order valence-electron chi connectivity index (χ4n) is 2.77. The van der Waals surface area contributed by atoms with Crippen molar-refractivity contribution < 1.29 is 9.32 Å². The molecule has 1 atom stereocenters. The molecular weight excluding hydrogens is 294 g/mol. The average Bonchev–Trinajstić information content (AvgIpc) is 3.22. The maximum absolute atomic E-state index is 12.8. The molecule has 3 rings (SSSR count). The molecule has 1 aliphatic heterocycles. The molecule has 0 spiro atoms. The predicted octanol–water partition coefficient (Wildman–Crippen LogP) is 2.18. The summed E-state index contributed by atoms with van der Waals surface area (Å²) < 4.78 is 5.16. The fraction of sp³-hybridized carbons (Fsp3) is 0.438. The van der Waals surface area contributed by atoms with Crippen molar-refractivity contribution in [2.24, 2.45) is 0 Å². The molecule has 0 aromatic carbocycles. The predicted molar refractivity (Wildman–Crippen MR) is 80.4 cm³/mol. The molecule has 3 heterocycles. The number of carbonyl (C=O) groups is 1. The van der Waals surface area contributed by atoms with E-state index in [1.54, 1.807) is 24.0 Å². The van der Waals surface area contributed by atoms with Gasteiger partial charge in [0.2, 0.25) is 5.89 Å². The summed E-state index contributed by atoms with van der Waals surface area (Å²) in [4.78, 5) is 23.1. The summed E-state index contributed by atoms with van der Waals surface area (Å²) in [5, 5.41) is 13.0. The normalized spacial score (nSPS) is 17.3. The first-order valence-corrected chi connectivity index (χ1v) is 7.65. The quantitative estimate of drug-likeness (QED) is 0.862. The number of aryl methyl sites for hydroxylation is 2. The van der Waals surface area contributed by atoms with Gasteiger partial charge in [0.25, 0.3) is 5.91 Å². The Bertz CT molecular complexity index is 777. The van der Waals surface area contributed by atoms with E-state index in [0.717, 1.165) is 12.8 Å². The van der Waals surface area contributed by atoms with Gasteiger partial charge in [0, 0.05) is 13.0 Å². The van der Waals surface area contributed by atoms with Gasteiger partial charge in [0.1, 0.15) is 11.8 Å². The zero-order valence-corrected chi connectivity index (χ0v) is 13.1. The summed E-state index contributed by atoms with van der Waals surface area (Å²) in [6, 6.07) is 5.10. The maximum atomic E-state index is 12.8. The molecule has 2 aromatic rings. The van der Waals surface area contributed by atoms with Crippen LogP contribution in [0.1, 0.15) is 59.3 Å². The van der Waals surface area contributed by atoms with Crippen LogP contribution < -0.4 is 0 Å². The molecule has 1 aliphatic rings. The third kappa shape index (κ3) is 2.80. The number of rotatable bonds is 3. The Hall–Kier alpha value is -2.75. The second-order valence-electron chi connectivity index (χ2n) is 5.50. The number of amides is 1. The van der Waals surface area contributed by atoms with Crippen molar-refractivity contribution >= 4 is 5.91 Å². The molecule has 0 N–H and O–H groups in total. The van der Waals surface area contributed by atoms with Gasteiger partial charge in [-0.25, -0.2) is 4.98 Å². The molecule has 0 bridgehead atoms. The van der Waals surface area contributed by atoms with Crippen LogP contribution in [-0.4, -0.2) is 32.5 Å². The molecular formula is C16H17N5O2. The lowest BCUT2D eigenvalue weighted by Crippen LogP contribution is -2.31. The second kappa shape index (κ2) is 6.16. The van der Waals surface area contributed by atoms with Gasteiger partial charge in [-0.1, -0.05) is 12.1 Å². The molecule has 7 heteroatoms. The molecule has 2 aromatic heterocycles. The van der Waals surface area contributed by atoms with E-state index < -0.39 is 0 Å². The maximum Gasteiger partial charge on any atom is 0.273 e. The van der Waals surface area contributed by atoms with Crippen molar-refractivity contribution in [2.75, 3.05) is 6.54 Å². The number of pyridine rings is 1. The number of nitrogens with zero attached hydrogens (tertiary/aromatic N) is 5. The van der Waals surface area contributed by atoms with E-state index in [0.29, 0.717) is 41.6 Å². The second-order valence-corrected chi connectivity index (χ2v) is 5.50. The smallest absolute Gasteiger partial charge is 0.273 e. The van der Waals surface area contributed by atoms with Crippen LogP contribution in [0, 0.1) is 18.3 Å². The number of hydrogen-bond acceptors (Lipinski definition) is 6. The van der Waals surface area contributed by atoms with Crippen LogP contribution in [0.15, 0.2) is 16.7 Å². The first kappa shape index (κ1) is 15.2. The molecule has 0 aliphatic carbocycles. The molecule has 7 nitrogen and oxygen atoms in total. The first-order chi connectivity index (χ1) is 11.1. The highest BCUT2D eigenvalue weighted by molar-refractivity contribution is 5.92. The van der Waals surface area contributed by atoms with Crippen LogP contribution in [-0.2, 0) is 6.42 Å². The molecule has 1 amide bonds. The summed E-state index contributed by atoms with van der Waals surface area (Å²) in [7, 11) is 0. The first-order valence-electron chi connectivity index (χ1n) is 7.65. The summed E-state index contributed by atoms with van der Waals surface area (Å²) in [6.45, 7) is 4.31. The van der Waals surface area contributed by atoms with Gasteiger partial charge in [-0.2, -0.15) is 10.2 Å². The van der Waals surface area contributed by atoms with Crippen LogP contribution in [0.5, 0.6) is 0 Å². The molecule has 23 heavy (non-hydrogen) atoms. The zero-order chi connectivity index (χ0) is 16.4. The molecule has 1 saturated heterocycles. The van der Waals surface area contributed by atoms with Gasteiger partial charge in [-0.15, -0.1) is 0 Å². The van der Waals surface area contributed by atoms with Gasteiger partial charge in [0.15, 0.2) is 5.82 Å². The van der Waals surface area contributed by atoms with Crippen LogP contribution in [0.2, 0.25) is 0 Å². The standard InChI is InChI=1S/C16H17N5O2/c1-3-14-19-15(20-23-14)13-5-4-8-21(13)16(22)12-7-6-11(9-17)10(2)18-12/h6-7,13H,3-5,8H2,1-2H3. The van der Waals surface area contributed by atoms with Crippen molar-refractivity contribution in [3.63, 3.8) is 0 Å². The minimum atomic E-state index is -0.177. The van der Waals surface area contributed by atoms with Crippen molar-refractivity contribution in [1.82, 2.24) is 20.0 Å². The van der Waals surface area contributed by atoms with E-state index >= 15 is 0 Å².